The summed E-state index contributed by atoms with van der Waals surface area (Å²) in [6.07, 6.45) is 26.5. The standard InChI is InChI=1S/C20H39N2.H2O4S/c1-3-4-5-6-7-8-9-10-11-12-13-14-15-16-17-22-19-18-21(2)20-22;1-5(2,3)4/h18-20H,3-17H2,1-2H3;(H2,1,2,3,4)/q+1;/p-1. The van der Waals surface area contributed by atoms with Crippen LogP contribution in [0.25, 0.3) is 0 Å². The van der Waals surface area contributed by atoms with Crippen LogP contribution in [-0.2, 0) is 24.0 Å². The number of hydrogen-bond donors (Lipinski definition) is 1. The molecule has 1 N–H and O–H groups in total. The summed E-state index contributed by atoms with van der Waals surface area (Å²) in [4.78, 5) is 0. The third-order valence-electron chi connectivity index (χ3n) is 4.59. The lowest BCUT2D eigenvalue weighted by Crippen LogP contribution is -2.23. The van der Waals surface area contributed by atoms with Crippen LogP contribution in [-0.4, -0.2) is 22.1 Å². The highest BCUT2D eigenvalue weighted by Crippen LogP contribution is 2.13. The molecule has 0 amide bonds. The van der Waals surface area contributed by atoms with Crippen molar-refractivity contribution in [2.75, 3.05) is 0 Å². The summed E-state index contributed by atoms with van der Waals surface area (Å²) in [5.74, 6) is 0. The van der Waals surface area contributed by atoms with Gasteiger partial charge in [-0.3, -0.25) is 4.55 Å². The zero-order valence-electron chi connectivity index (χ0n) is 17.3. The Labute approximate surface area is 166 Å². The normalized spacial score (nSPS) is 11.3. The maximum absolute atomic E-state index is 8.63. The number of aromatic nitrogens is 2. The van der Waals surface area contributed by atoms with E-state index in [4.69, 9.17) is 17.5 Å². The van der Waals surface area contributed by atoms with Gasteiger partial charge in [0, 0.05) is 0 Å². The number of unbranched alkanes of at least 4 members (excludes halogenated alkanes) is 13. The molecule has 1 rings (SSSR count). The second kappa shape index (κ2) is 17.2. The second-order valence-electron chi connectivity index (χ2n) is 7.34. The van der Waals surface area contributed by atoms with Crippen LogP contribution < -0.4 is 4.57 Å². The van der Waals surface area contributed by atoms with Crippen LogP contribution in [0, 0.1) is 0 Å². The van der Waals surface area contributed by atoms with Crippen LogP contribution >= 0.6 is 0 Å². The molecule has 27 heavy (non-hydrogen) atoms. The minimum Gasteiger partial charge on any atom is -0.726 e. The van der Waals surface area contributed by atoms with Crippen LogP contribution in [0.1, 0.15) is 96.8 Å². The molecular weight excluding hydrogens is 364 g/mol. The lowest BCUT2D eigenvalue weighted by molar-refractivity contribution is -0.671. The van der Waals surface area contributed by atoms with E-state index >= 15 is 0 Å². The number of rotatable bonds is 15. The van der Waals surface area contributed by atoms with Gasteiger partial charge in [-0.25, -0.2) is 17.6 Å². The van der Waals surface area contributed by atoms with Crippen molar-refractivity contribution in [3.8, 4) is 0 Å². The third kappa shape index (κ3) is 23.0. The van der Waals surface area contributed by atoms with Crippen molar-refractivity contribution in [1.82, 2.24) is 4.57 Å². The molecule has 0 spiro atoms. The zero-order chi connectivity index (χ0) is 20.4. The Kier molecular flexibility index (Phi) is 16.6. The highest BCUT2D eigenvalue weighted by molar-refractivity contribution is 7.79. The van der Waals surface area contributed by atoms with Gasteiger partial charge in [-0.15, -0.1) is 0 Å². The van der Waals surface area contributed by atoms with E-state index in [2.05, 4.69) is 41.8 Å². The van der Waals surface area contributed by atoms with Gasteiger partial charge in [0.15, 0.2) is 0 Å². The molecule has 0 saturated carbocycles. The molecule has 0 aromatic carbocycles. The lowest BCUT2D eigenvalue weighted by Gasteiger charge is -2.03. The molecule has 0 atom stereocenters. The number of nitrogens with zero attached hydrogens (tertiary/aromatic N) is 2. The Morgan fingerprint density at radius 2 is 1.22 bits per heavy atom. The lowest BCUT2D eigenvalue weighted by atomic mass is 10.0. The Balaban J connectivity index is 0.00000119. The number of aryl methyl sites for hydroxylation is 2. The van der Waals surface area contributed by atoms with E-state index in [-0.39, 0.29) is 0 Å². The first kappa shape index (κ1) is 26.1. The highest BCUT2D eigenvalue weighted by atomic mass is 32.3. The molecule has 0 aliphatic rings. The van der Waals surface area contributed by atoms with Crippen LogP contribution in [0.4, 0.5) is 0 Å². The average Bonchev–Trinajstić information content (AvgIpc) is 2.99. The fourth-order valence-corrected chi connectivity index (χ4v) is 3.12. The van der Waals surface area contributed by atoms with Crippen molar-refractivity contribution in [3.05, 3.63) is 18.7 Å². The second-order valence-corrected chi connectivity index (χ2v) is 8.20. The van der Waals surface area contributed by atoms with Gasteiger partial charge in [0.05, 0.1) is 13.6 Å². The minimum absolute atomic E-state index is 1.18. The molecule has 0 fully saturated rings. The molecule has 6 nitrogen and oxygen atoms in total. The van der Waals surface area contributed by atoms with E-state index in [1.807, 2.05) is 0 Å². The Morgan fingerprint density at radius 1 is 0.852 bits per heavy atom. The van der Waals surface area contributed by atoms with Crippen molar-refractivity contribution in [2.24, 2.45) is 7.05 Å². The molecule has 0 aliphatic carbocycles. The molecule has 0 unspecified atom stereocenters. The maximum atomic E-state index is 8.63. The van der Waals surface area contributed by atoms with E-state index < -0.39 is 10.4 Å². The van der Waals surface area contributed by atoms with Crippen LogP contribution in [0.3, 0.4) is 0 Å². The van der Waals surface area contributed by atoms with Crippen LogP contribution in [0.2, 0.25) is 0 Å². The SMILES string of the molecule is CCCCCCCCCCCCCCCCn1cc[n+](C)c1.O=S(=O)([O-])O. The largest absolute Gasteiger partial charge is 0.726 e. The van der Waals surface area contributed by atoms with Crippen molar-refractivity contribution >= 4 is 10.4 Å². The van der Waals surface area contributed by atoms with Gasteiger partial charge in [-0.2, -0.15) is 0 Å². The summed E-state index contributed by atoms with van der Waals surface area (Å²) in [6, 6.07) is 0. The molecule has 0 bridgehead atoms. The van der Waals surface area contributed by atoms with Gasteiger partial charge in [0.25, 0.3) is 0 Å². The molecule has 0 saturated heterocycles. The summed E-state index contributed by atoms with van der Waals surface area (Å²) in [7, 11) is -2.83. The third-order valence-corrected chi connectivity index (χ3v) is 4.59. The summed E-state index contributed by atoms with van der Waals surface area (Å²) in [5, 5.41) is 0. The van der Waals surface area contributed by atoms with E-state index in [1.165, 1.54) is 96.4 Å². The predicted molar refractivity (Wildman–Crippen MR) is 108 cm³/mol. The summed E-state index contributed by atoms with van der Waals surface area (Å²) >= 11 is 0. The van der Waals surface area contributed by atoms with Crippen LogP contribution in [0.15, 0.2) is 18.7 Å². The Bertz CT molecular complexity index is 536. The van der Waals surface area contributed by atoms with Gasteiger partial charge >= 0.3 is 0 Å². The summed E-state index contributed by atoms with van der Waals surface area (Å²) < 4.78 is 37.2. The highest BCUT2D eigenvalue weighted by Gasteiger charge is 1.99. The van der Waals surface area contributed by atoms with E-state index in [0.717, 1.165) is 0 Å². The van der Waals surface area contributed by atoms with Gasteiger partial charge in [0.2, 0.25) is 16.7 Å². The summed E-state index contributed by atoms with van der Waals surface area (Å²) in [5.41, 5.74) is 0. The first-order valence-electron chi connectivity index (χ1n) is 10.5. The molecule has 1 aromatic heterocycles. The van der Waals surface area contributed by atoms with Crippen molar-refractivity contribution in [2.45, 2.75) is 103 Å². The summed E-state index contributed by atoms with van der Waals surface area (Å²) in [6.45, 7) is 3.47. The van der Waals surface area contributed by atoms with Gasteiger partial charge in [-0.1, -0.05) is 84.0 Å². The van der Waals surface area contributed by atoms with E-state index in [1.54, 1.807) is 0 Å². The Hall–Kier alpha value is -0.920. The van der Waals surface area contributed by atoms with Gasteiger partial charge in [0.1, 0.15) is 12.4 Å². The predicted octanol–water partition coefficient (Wildman–Crippen LogP) is 4.80. The maximum Gasteiger partial charge on any atom is 0.243 e. The minimum atomic E-state index is -4.92. The first-order valence-corrected chi connectivity index (χ1v) is 11.9. The number of imidazole rings is 1. The molecule has 1 heterocycles. The fraction of sp³-hybridized carbons (Fsp3) is 0.850. The fourth-order valence-electron chi connectivity index (χ4n) is 3.12. The molecule has 0 aliphatic heterocycles. The van der Waals surface area contributed by atoms with Crippen molar-refractivity contribution < 1.29 is 22.1 Å². The number of hydrogen-bond acceptors (Lipinski definition) is 3. The Morgan fingerprint density at radius 3 is 1.56 bits per heavy atom. The molecule has 160 valence electrons. The molecule has 0 radical (unpaired) electrons. The van der Waals surface area contributed by atoms with Crippen LogP contribution in [0.5, 0.6) is 0 Å². The molecule has 7 heteroatoms. The monoisotopic (exact) mass is 404 g/mol. The first-order chi connectivity index (χ1) is 12.8. The quantitative estimate of drug-likeness (QED) is 0.197. The van der Waals surface area contributed by atoms with E-state index in [0.29, 0.717) is 0 Å². The topological polar surface area (TPSA) is 86.2 Å². The van der Waals surface area contributed by atoms with Crippen molar-refractivity contribution in [3.63, 3.8) is 0 Å². The van der Waals surface area contributed by atoms with Gasteiger partial charge < -0.3 is 4.55 Å². The zero-order valence-corrected chi connectivity index (χ0v) is 18.1. The molecular formula is C20H40N2O4S. The smallest absolute Gasteiger partial charge is 0.243 e. The van der Waals surface area contributed by atoms with Crippen molar-refractivity contribution in [1.29, 1.82) is 0 Å². The van der Waals surface area contributed by atoms with E-state index in [9.17, 15) is 0 Å². The average molecular weight is 405 g/mol. The van der Waals surface area contributed by atoms with Gasteiger partial charge in [-0.05, 0) is 12.8 Å². The molecule has 1 aromatic rings.